The van der Waals surface area contributed by atoms with Gasteiger partial charge in [0.15, 0.2) is 11.5 Å². The zero-order valence-electron chi connectivity index (χ0n) is 15.9. The summed E-state index contributed by atoms with van der Waals surface area (Å²) >= 11 is 0. The third kappa shape index (κ3) is 4.15. The van der Waals surface area contributed by atoms with Crippen molar-refractivity contribution in [2.24, 2.45) is 5.84 Å². The molecule has 0 aliphatic carbocycles. The van der Waals surface area contributed by atoms with Crippen molar-refractivity contribution in [1.82, 2.24) is 5.43 Å². The van der Waals surface area contributed by atoms with Crippen LogP contribution in [0.1, 0.15) is 37.3 Å². The molecule has 2 amide bonds. The van der Waals surface area contributed by atoms with Gasteiger partial charge >= 0.3 is 0 Å². The van der Waals surface area contributed by atoms with Crippen molar-refractivity contribution in [3.8, 4) is 5.75 Å². The fourth-order valence-corrected chi connectivity index (χ4v) is 2.97. The Kier molecular flexibility index (Phi) is 5.65. The number of ether oxygens (including phenoxy) is 1. The van der Waals surface area contributed by atoms with Gasteiger partial charge in [-0.2, -0.15) is 0 Å². The van der Waals surface area contributed by atoms with Crippen LogP contribution < -0.4 is 26.6 Å². The van der Waals surface area contributed by atoms with Gasteiger partial charge in [-0.1, -0.05) is 38.1 Å². The number of hydrogen-bond donors (Lipinski definition) is 3. The van der Waals surface area contributed by atoms with Crippen LogP contribution in [0.5, 0.6) is 5.75 Å². The molecule has 5 N–H and O–H groups in total. The summed E-state index contributed by atoms with van der Waals surface area (Å²) in [5.74, 6) is 5.53. The van der Waals surface area contributed by atoms with Crippen molar-refractivity contribution in [3.63, 3.8) is 0 Å². The Hall–Kier alpha value is -3.32. The average molecular weight is 380 g/mol. The third-order valence-corrected chi connectivity index (χ3v) is 4.57. The molecule has 2 aromatic rings. The van der Waals surface area contributed by atoms with Crippen molar-refractivity contribution >= 4 is 29.3 Å². The highest BCUT2D eigenvalue weighted by Crippen LogP contribution is 2.37. The number of fused-ring (bicyclic) bond motifs is 1. The first-order chi connectivity index (χ1) is 13.4. The van der Waals surface area contributed by atoms with Crippen LogP contribution in [0, 0.1) is 0 Å². The van der Waals surface area contributed by atoms with Crippen LogP contribution in [0.15, 0.2) is 48.2 Å². The summed E-state index contributed by atoms with van der Waals surface area (Å²) in [5.41, 5.74) is 11.1. The summed E-state index contributed by atoms with van der Waals surface area (Å²) in [4.78, 5) is 26.0. The zero-order chi connectivity index (χ0) is 20.3. The van der Waals surface area contributed by atoms with Crippen molar-refractivity contribution in [1.29, 1.82) is 0 Å². The highest BCUT2D eigenvalue weighted by Gasteiger charge is 2.30. The van der Waals surface area contributed by atoms with Gasteiger partial charge < -0.3 is 15.4 Å². The number of nitrogen functional groups attached to an aromatic ring is 1. The minimum Gasteiger partial charge on any atom is -0.449 e. The van der Waals surface area contributed by atoms with Crippen molar-refractivity contribution in [2.45, 2.75) is 26.2 Å². The molecule has 0 saturated heterocycles. The van der Waals surface area contributed by atoms with Crippen LogP contribution in [0.2, 0.25) is 0 Å². The second-order valence-corrected chi connectivity index (χ2v) is 6.93. The number of nitrogens with one attached hydrogen (secondary N) is 1. The lowest BCUT2D eigenvalue weighted by Gasteiger charge is -2.30. The van der Waals surface area contributed by atoms with Gasteiger partial charge in [-0.15, -0.1) is 0 Å². The molecule has 28 heavy (non-hydrogen) atoms. The Morgan fingerprint density at radius 1 is 1.21 bits per heavy atom. The maximum atomic E-state index is 13.0. The fourth-order valence-electron chi connectivity index (χ4n) is 2.97. The van der Waals surface area contributed by atoms with E-state index in [1.54, 1.807) is 24.3 Å². The van der Waals surface area contributed by atoms with Gasteiger partial charge in [0.05, 0.1) is 5.69 Å². The number of carbonyl (C=O) groups is 2. The number of nitrogens with zero attached hydrogens (tertiary/aromatic N) is 1. The van der Waals surface area contributed by atoms with E-state index in [1.165, 1.54) is 10.5 Å². The summed E-state index contributed by atoms with van der Waals surface area (Å²) in [6.45, 7) is 4.42. The molecule has 7 nitrogen and oxygen atoms in total. The van der Waals surface area contributed by atoms with E-state index in [9.17, 15) is 9.59 Å². The molecule has 1 aliphatic rings. The number of anilines is 2. The SMILES string of the molecule is CC(C)c1ccc(/C=C2/Oc3cc(N)ccc3N(CCC(=O)NN)C2=O)cc1. The molecule has 1 heterocycles. The minimum absolute atomic E-state index is 0.0718. The van der Waals surface area contributed by atoms with E-state index in [2.05, 4.69) is 19.3 Å². The molecule has 7 heteroatoms. The summed E-state index contributed by atoms with van der Waals surface area (Å²) in [6, 6.07) is 13.0. The molecule has 3 rings (SSSR count). The second-order valence-electron chi connectivity index (χ2n) is 6.93. The van der Waals surface area contributed by atoms with Gasteiger partial charge in [0.2, 0.25) is 5.91 Å². The summed E-state index contributed by atoms with van der Waals surface area (Å²) in [5, 5.41) is 0. The topological polar surface area (TPSA) is 111 Å². The first-order valence-corrected chi connectivity index (χ1v) is 9.09. The summed E-state index contributed by atoms with van der Waals surface area (Å²) in [6.07, 6.45) is 1.76. The van der Waals surface area contributed by atoms with Crippen molar-refractivity contribution in [2.75, 3.05) is 17.2 Å². The van der Waals surface area contributed by atoms with E-state index in [1.807, 2.05) is 24.3 Å². The largest absolute Gasteiger partial charge is 0.449 e. The van der Waals surface area contributed by atoms with Crippen molar-refractivity contribution in [3.05, 3.63) is 59.4 Å². The molecule has 0 fully saturated rings. The first kappa shape index (κ1) is 19.4. The van der Waals surface area contributed by atoms with E-state index < -0.39 is 0 Å². The first-order valence-electron chi connectivity index (χ1n) is 9.09. The molecule has 0 saturated carbocycles. The van der Waals surface area contributed by atoms with Gasteiger partial charge in [0.1, 0.15) is 0 Å². The Labute approximate surface area is 163 Å². The average Bonchev–Trinajstić information content (AvgIpc) is 2.68. The van der Waals surface area contributed by atoms with E-state index in [4.69, 9.17) is 16.3 Å². The number of nitrogens with two attached hydrogens (primary N) is 2. The summed E-state index contributed by atoms with van der Waals surface area (Å²) in [7, 11) is 0. The number of hydrazine groups is 1. The third-order valence-electron chi connectivity index (χ3n) is 4.57. The van der Waals surface area contributed by atoms with Crippen molar-refractivity contribution < 1.29 is 14.3 Å². The molecule has 1 aliphatic heterocycles. The van der Waals surface area contributed by atoms with E-state index in [0.717, 1.165) is 5.56 Å². The maximum Gasteiger partial charge on any atom is 0.294 e. The lowest BCUT2D eigenvalue weighted by molar-refractivity contribution is -0.121. The number of benzene rings is 2. The standard InChI is InChI=1S/C21H24N4O3/c1-13(2)15-5-3-14(4-6-15)11-19-21(27)25(10-9-20(26)24-23)17-8-7-16(22)12-18(17)28-19/h3-8,11-13H,9-10,22-23H2,1-2H3,(H,24,26)/b19-11+. The lowest BCUT2D eigenvalue weighted by Crippen LogP contribution is -2.40. The molecular weight excluding hydrogens is 356 g/mol. The van der Waals surface area contributed by atoms with E-state index in [-0.39, 0.29) is 30.5 Å². The summed E-state index contributed by atoms with van der Waals surface area (Å²) < 4.78 is 5.83. The van der Waals surface area contributed by atoms with Crippen LogP contribution in [-0.4, -0.2) is 18.4 Å². The quantitative estimate of drug-likeness (QED) is 0.243. The van der Waals surface area contributed by atoms with Crippen LogP contribution in [0.3, 0.4) is 0 Å². The Morgan fingerprint density at radius 2 is 1.93 bits per heavy atom. The number of carbonyl (C=O) groups excluding carboxylic acids is 2. The van der Waals surface area contributed by atoms with E-state index in [0.29, 0.717) is 23.0 Å². The second kappa shape index (κ2) is 8.14. The number of rotatable bonds is 5. The Morgan fingerprint density at radius 3 is 2.57 bits per heavy atom. The smallest absolute Gasteiger partial charge is 0.294 e. The van der Waals surface area contributed by atoms with Crippen LogP contribution in [-0.2, 0) is 9.59 Å². The van der Waals surface area contributed by atoms with Gasteiger partial charge in [-0.05, 0) is 35.3 Å². The molecule has 146 valence electrons. The Balaban J connectivity index is 1.94. The normalized spacial score (nSPS) is 14.8. The number of hydrogen-bond acceptors (Lipinski definition) is 5. The highest BCUT2D eigenvalue weighted by atomic mass is 16.5. The highest BCUT2D eigenvalue weighted by molar-refractivity contribution is 6.10. The van der Waals surface area contributed by atoms with Gasteiger partial charge in [0.25, 0.3) is 5.91 Å². The molecular formula is C21H24N4O3. The molecule has 0 radical (unpaired) electrons. The molecule has 2 aromatic carbocycles. The lowest BCUT2D eigenvalue weighted by atomic mass is 10.0. The predicted molar refractivity (Wildman–Crippen MR) is 109 cm³/mol. The van der Waals surface area contributed by atoms with Crippen LogP contribution in [0.4, 0.5) is 11.4 Å². The fraction of sp³-hybridized carbons (Fsp3) is 0.238. The molecule has 0 unspecified atom stereocenters. The molecule has 0 spiro atoms. The molecule has 0 atom stereocenters. The zero-order valence-corrected chi connectivity index (χ0v) is 15.9. The van der Waals surface area contributed by atoms with Gasteiger partial charge in [-0.3, -0.25) is 15.0 Å². The van der Waals surface area contributed by atoms with E-state index >= 15 is 0 Å². The maximum absolute atomic E-state index is 13.0. The van der Waals surface area contributed by atoms with Crippen LogP contribution in [0.25, 0.3) is 6.08 Å². The van der Waals surface area contributed by atoms with Gasteiger partial charge in [-0.25, -0.2) is 5.84 Å². The van der Waals surface area contributed by atoms with Gasteiger partial charge in [0, 0.05) is 24.7 Å². The predicted octanol–water partition coefficient (Wildman–Crippen LogP) is 2.54. The minimum atomic E-state index is -0.355. The monoisotopic (exact) mass is 380 g/mol. The van der Waals surface area contributed by atoms with Crippen LogP contribution >= 0.6 is 0 Å². The Bertz CT molecular complexity index is 920. The molecule has 0 bridgehead atoms. The number of amides is 2. The molecule has 0 aromatic heterocycles.